The van der Waals surface area contributed by atoms with Gasteiger partial charge >= 0.3 is 0 Å². The Morgan fingerprint density at radius 3 is 2.61 bits per heavy atom. The highest BCUT2D eigenvalue weighted by Crippen LogP contribution is 2.29. The molecular weight excluding hydrogens is 286 g/mol. The Hall–Kier alpha value is -2.29. The topological polar surface area (TPSA) is 29.5 Å². The van der Waals surface area contributed by atoms with Crippen LogP contribution >= 0.6 is 0 Å². The lowest BCUT2D eigenvalue weighted by Gasteiger charge is -2.23. The zero-order valence-corrected chi connectivity index (χ0v) is 13.6. The molecule has 0 aliphatic heterocycles. The number of hydrogen-bond acceptors (Lipinski definition) is 2. The van der Waals surface area contributed by atoms with Gasteiger partial charge in [0.2, 0.25) is 0 Å². The molecule has 0 bridgehead atoms. The third-order valence-corrected chi connectivity index (χ3v) is 4.39. The van der Waals surface area contributed by atoms with E-state index in [1.54, 1.807) is 4.90 Å². The number of anilines is 1. The summed E-state index contributed by atoms with van der Waals surface area (Å²) in [6.45, 7) is 2.70. The molecule has 120 valence electrons. The van der Waals surface area contributed by atoms with Crippen LogP contribution in [0.2, 0.25) is 0 Å². The van der Waals surface area contributed by atoms with Crippen molar-refractivity contribution in [3.63, 3.8) is 0 Å². The summed E-state index contributed by atoms with van der Waals surface area (Å²) in [5, 5.41) is 0. The van der Waals surface area contributed by atoms with E-state index in [0.29, 0.717) is 6.54 Å². The highest BCUT2D eigenvalue weighted by molar-refractivity contribution is 5.94. The number of rotatable bonds is 5. The normalized spacial score (nSPS) is 13.3. The molecule has 0 heterocycles. The largest absolute Gasteiger partial charge is 0.483 e. The number of hydrogen-bond donors (Lipinski definition) is 0. The van der Waals surface area contributed by atoms with Crippen molar-refractivity contribution < 1.29 is 9.53 Å². The van der Waals surface area contributed by atoms with Gasteiger partial charge in [0.05, 0.1) is 0 Å². The van der Waals surface area contributed by atoms with Gasteiger partial charge in [-0.25, -0.2) is 0 Å². The predicted molar refractivity (Wildman–Crippen MR) is 93.0 cm³/mol. The quantitative estimate of drug-likeness (QED) is 0.835. The minimum Gasteiger partial charge on any atom is -0.483 e. The Bertz CT molecular complexity index is 667. The number of fused-ring (bicyclic) bond motifs is 1. The van der Waals surface area contributed by atoms with Crippen LogP contribution in [0.15, 0.2) is 48.5 Å². The van der Waals surface area contributed by atoms with E-state index in [-0.39, 0.29) is 12.5 Å². The van der Waals surface area contributed by atoms with Crippen molar-refractivity contribution in [2.75, 3.05) is 18.1 Å². The van der Waals surface area contributed by atoms with Crippen molar-refractivity contribution in [3.05, 3.63) is 59.7 Å². The highest BCUT2D eigenvalue weighted by atomic mass is 16.5. The Morgan fingerprint density at radius 2 is 1.83 bits per heavy atom. The van der Waals surface area contributed by atoms with Crippen LogP contribution in [0.3, 0.4) is 0 Å². The number of likely N-dealkylation sites (N-methyl/N-ethyl adjacent to an activating group) is 1. The highest BCUT2D eigenvalue weighted by Gasteiger charge is 2.17. The van der Waals surface area contributed by atoms with Gasteiger partial charge in [-0.15, -0.1) is 0 Å². The van der Waals surface area contributed by atoms with Crippen molar-refractivity contribution in [2.24, 2.45) is 0 Å². The van der Waals surface area contributed by atoms with Crippen LogP contribution in [0.1, 0.15) is 30.9 Å². The lowest BCUT2D eigenvalue weighted by molar-refractivity contribution is -0.120. The number of para-hydroxylation sites is 1. The number of benzene rings is 2. The van der Waals surface area contributed by atoms with Crippen molar-refractivity contribution in [1.29, 1.82) is 0 Å². The molecule has 1 aliphatic carbocycles. The Morgan fingerprint density at radius 1 is 1.04 bits per heavy atom. The second-order valence-corrected chi connectivity index (χ2v) is 5.86. The third-order valence-electron chi connectivity index (χ3n) is 4.39. The van der Waals surface area contributed by atoms with Crippen LogP contribution in [0, 0.1) is 0 Å². The standard InChI is InChI=1S/C20H23NO2/c1-2-21(17-11-4-3-5-12-17)20(22)15-23-19-14-8-10-16-9-6-7-13-18(16)19/h3-5,8,10-12,14H,2,6-7,9,13,15H2,1H3. The molecule has 2 aromatic rings. The van der Waals surface area contributed by atoms with Crippen molar-refractivity contribution in [3.8, 4) is 5.75 Å². The summed E-state index contributed by atoms with van der Waals surface area (Å²) in [6.07, 6.45) is 4.61. The van der Waals surface area contributed by atoms with Gasteiger partial charge in [-0.1, -0.05) is 30.3 Å². The van der Waals surface area contributed by atoms with E-state index in [4.69, 9.17) is 4.74 Å². The van der Waals surface area contributed by atoms with Gasteiger partial charge in [0.1, 0.15) is 5.75 Å². The summed E-state index contributed by atoms with van der Waals surface area (Å²) in [7, 11) is 0. The smallest absolute Gasteiger partial charge is 0.264 e. The van der Waals surface area contributed by atoms with Gasteiger partial charge in [0.25, 0.3) is 5.91 Å². The summed E-state index contributed by atoms with van der Waals surface area (Å²) in [4.78, 5) is 14.3. The first-order chi connectivity index (χ1) is 11.3. The fraction of sp³-hybridized carbons (Fsp3) is 0.350. The molecule has 0 atom stereocenters. The number of ether oxygens (including phenoxy) is 1. The molecule has 23 heavy (non-hydrogen) atoms. The van der Waals surface area contributed by atoms with Gasteiger partial charge in [0, 0.05) is 12.2 Å². The van der Waals surface area contributed by atoms with Crippen LogP contribution in [-0.2, 0) is 17.6 Å². The predicted octanol–water partition coefficient (Wildman–Crippen LogP) is 4.00. The van der Waals surface area contributed by atoms with Gasteiger partial charge in [-0.3, -0.25) is 4.79 Å². The molecule has 2 aromatic carbocycles. The molecule has 0 spiro atoms. The van der Waals surface area contributed by atoms with Crippen LogP contribution in [0.25, 0.3) is 0 Å². The molecule has 0 saturated heterocycles. The van der Waals surface area contributed by atoms with Gasteiger partial charge in [-0.05, 0) is 61.9 Å². The zero-order valence-electron chi connectivity index (χ0n) is 13.6. The summed E-state index contributed by atoms with van der Waals surface area (Å²) in [6, 6.07) is 15.9. The Labute approximate surface area is 137 Å². The number of carbonyl (C=O) groups excluding carboxylic acids is 1. The maximum absolute atomic E-state index is 12.5. The molecule has 1 aliphatic rings. The van der Waals surface area contributed by atoms with E-state index in [0.717, 1.165) is 24.3 Å². The van der Waals surface area contributed by atoms with Crippen LogP contribution < -0.4 is 9.64 Å². The average molecular weight is 309 g/mol. The fourth-order valence-corrected chi connectivity index (χ4v) is 3.21. The molecule has 3 rings (SSSR count). The van der Waals surface area contributed by atoms with Gasteiger partial charge in [-0.2, -0.15) is 0 Å². The molecule has 1 amide bonds. The Kier molecular flexibility index (Phi) is 4.96. The maximum atomic E-state index is 12.5. The number of carbonyl (C=O) groups is 1. The first kappa shape index (κ1) is 15.6. The van der Waals surface area contributed by atoms with Crippen LogP contribution in [0.5, 0.6) is 5.75 Å². The van der Waals surface area contributed by atoms with Gasteiger partial charge in [0.15, 0.2) is 6.61 Å². The molecule has 0 N–H and O–H groups in total. The SMILES string of the molecule is CCN(C(=O)COc1cccc2c1CCCC2)c1ccccc1. The lowest BCUT2D eigenvalue weighted by atomic mass is 9.91. The first-order valence-electron chi connectivity index (χ1n) is 8.38. The number of aryl methyl sites for hydroxylation is 1. The van der Waals surface area contributed by atoms with E-state index in [1.165, 1.54) is 24.0 Å². The van der Waals surface area contributed by atoms with E-state index in [1.807, 2.05) is 49.4 Å². The van der Waals surface area contributed by atoms with E-state index < -0.39 is 0 Å². The monoisotopic (exact) mass is 309 g/mol. The maximum Gasteiger partial charge on any atom is 0.264 e. The minimum absolute atomic E-state index is 0.00730. The third kappa shape index (κ3) is 3.55. The molecule has 0 unspecified atom stereocenters. The molecular formula is C20H23NO2. The number of amides is 1. The summed E-state index contributed by atoms with van der Waals surface area (Å²) >= 11 is 0. The van der Waals surface area contributed by atoms with Crippen LogP contribution in [0.4, 0.5) is 5.69 Å². The minimum atomic E-state index is -0.00730. The molecule has 0 aromatic heterocycles. The lowest BCUT2D eigenvalue weighted by Crippen LogP contribution is -2.34. The van der Waals surface area contributed by atoms with Crippen LogP contribution in [-0.4, -0.2) is 19.1 Å². The van der Waals surface area contributed by atoms with Crippen molar-refractivity contribution in [1.82, 2.24) is 0 Å². The van der Waals surface area contributed by atoms with E-state index in [9.17, 15) is 4.79 Å². The second-order valence-electron chi connectivity index (χ2n) is 5.86. The van der Waals surface area contributed by atoms with E-state index in [2.05, 4.69) is 6.07 Å². The van der Waals surface area contributed by atoms with Crippen molar-refractivity contribution >= 4 is 11.6 Å². The fourth-order valence-electron chi connectivity index (χ4n) is 3.21. The summed E-state index contributed by atoms with van der Waals surface area (Å²) < 4.78 is 5.88. The molecule has 0 saturated carbocycles. The Balaban J connectivity index is 1.69. The van der Waals surface area contributed by atoms with E-state index >= 15 is 0 Å². The second kappa shape index (κ2) is 7.32. The number of nitrogens with zero attached hydrogens (tertiary/aromatic N) is 1. The average Bonchev–Trinajstić information content (AvgIpc) is 2.61. The van der Waals surface area contributed by atoms with Crippen molar-refractivity contribution in [2.45, 2.75) is 32.6 Å². The summed E-state index contributed by atoms with van der Waals surface area (Å²) in [5.41, 5.74) is 3.57. The summed E-state index contributed by atoms with van der Waals surface area (Å²) in [5.74, 6) is 0.867. The zero-order chi connectivity index (χ0) is 16.1. The first-order valence-corrected chi connectivity index (χ1v) is 8.38. The molecule has 3 heteroatoms. The molecule has 3 nitrogen and oxygen atoms in total. The molecule has 0 fully saturated rings. The van der Waals surface area contributed by atoms with Gasteiger partial charge < -0.3 is 9.64 Å². The molecule has 0 radical (unpaired) electrons.